The van der Waals surface area contributed by atoms with E-state index in [1.807, 2.05) is 13.8 Å². The number of allylic oxidation sites excluding steroid dienone is 1. The number of hydrogen-bond acceptors (Lipinski definition) is 1. The normalized spacial score (nSPS) is 9.27. The predicted octanol–water partition coefficient (Wildman–Crippen LogP) is 3.39. The lowest BCUT2D eigenvalue weighted by Gasteiger charge is -2.04. The Balaban J connectivity index is 2.55. The molecule has 0 spiro atoms. The molecule has 1 aromatic carbocycles. The summed E-state index contributed by atoms with van der Waals surface area (Å²) in [5, 5.41) is 5.85. The number of carbonyl (C=O) groups excluding carboxylic acids is 1. The van der Waals surface area contributed by atoms with Crippen molar-refractivity contribution in [2.75, 3.05) is 5.32 Å². The van der Waals surface area contributed by atoms with Gasteiger partial charge < -0.3 is 10.6 Å². The highest BCUT2D eigenvalue weighted by molar-refractivity contribution is 6.30. The van der Waals surface area contributed by atoms with Crippen molar-refractivity contribution in [2.24, 2.45) is 0 Å². The first kappa shape index (κ1) is 11.6. The minimum absolute atomic E-state index is 0.279. The van der Waals surface area contributed by atoms with E-state index in [-0.39, 0.29) is 6.03 Å². The van der Waals surface area contributed by atoms with Crippen molar-refractivity contribution in [3.05, 3.63) is 41.1 Å². The minimum Gasteiger partial charge on any atom is -0.314 e. The van der Waals surface area contributed by atoms with Gasteiger partial charge in [0.15, 0.2) is 0 Å². The quantitative estimate of drug-likeness (QED) is 0.795. The van der Waals surface area contributed by atoms with Crippen molar-refractivity contribution >= 4 is 23.3 Å². The van der Waals surface area contributed by atoms with E-state index in [1.165, 1.54) is 0 Å². The van der Waals surface area contributed by atoms with Crippen molar-refractivity contribution in [3.8, 4) is 0 Å². The summed E-state index contributed by atoms with van der Waals surface area (Å²) in [6.07, 6.45) is 1.64. The Hall–Kier alpha value is -1.48. The number of carbonyl (C=O) groups is 1. The molecule has 1 rings (SSSR count). The van der Waals surface area contributed by atoms with E-state index in [0.717, 1.165) is 5.57 Å². The molecule has 4 heteroatoms. The summed E-state index contributed by atoms with van der Waals surface area (Å²) < 4.78 is 0. The van der Waals surface area contributed by atoms with Crippen LogP contribution in [0.1, 0.15) is 13.8 Å². The highest BCUT2D eigenvalue weighted by atomic mass is 35.5. The molecule has 0 radical (unpaired) electrons. The minimum atomic E-state index is -0.279. The molecule has 0 aromatic heterocycles. The predicted molar refractivity (Wildman–Crippen MR) is 63.0 cm³/mol. The Kier molecular flexibility index (Phi) is 4.18. The molecule has 2 N–H and O–H groups in total. The third-order valence-electron chi connectivity index (χ3n) is 1.57. The smallest absolute Gasteiger partial charge is 0.314 e. The maximum atomic E-state index is 11.3. The third-order valence-corrected chi connectivity index (χ3v) is 1.81. The van der Waals surface area contributed by atoms with E-state index in [4.69, 9.17) is 11.6 Å². The number of urea groups is 1. The molecule has 0 aliphatic heterocycles. The van der Waals surface area contributed by atoms with Crippen LogP contribution in [0.2, 0.25) is 5.02 Å². The summed E-state index contributed by atoms with van der Waals surface area (Å²) in [5.74, 6) is 0. The largest absolute Gasteiger partial charge is 0.323 e. The Bertz CT molecular complexity index is 384. The Morgan fingerprint density at radius 3 is 2.73 bits per heavy atom. The summed E-state index contributed by atoms with van der Waals surface area (Å²) in [6.45, 7) is 3.80. The second-order valence-corrected chi connectivity index (χ2v) is 3.77. The van der Waals surface area contributed by atoms with Crippen molar-refractivity contribution in [3.63, 3.8) is 0 Å². The number of benzene rings is 1. The molecule has 0 saturated carbocycles. The third kappa shape index (κ3) is 4.51. The highest BCUT2D eigenvalue weighted by Crippen LogP contribution is 2.14. The second kappa shape index (κ2) is 5.41. The van der Waals surface area contributed by atoms with Crippen LogP contribution in [0.25, 0.3) is 0 Å². The molecule has 0 unspecified atom stereocenters. The Morgan fingerprint density at radius 2 is 2.13 bits per heavy atom. The highest BCUT2D eigenvalue weighted by Gasteiger charge is 1.99. The van der Waals surface area contributed by atoms with Crippen LogP contribution in [-0.2, 0) is 0 Å². The molecule has 0 aliphatic carbocycles. The molecule has 0 saturated heterocycles. The van der Waals surface area contributed by atoms with Gasteiger partial charge in [-0.15, -0.1) is 0 Å². The average Bonchev–Trinajstić information content (AvgIpc) is 2.15. The lowest BCUT2D eigenvalue weighted by Crippen LogP contribution is -2.24. The van der Waals surface area contributed by atoms with Gasteiger partial charge in [-0.2, -0.15) is 0 Å². The van der Waals surface area contributed by atoms with Gasteiger partial charge >= 0.3 is 6.03 Å². The maximum absolute atomic E-state index is 11.3. The Morgan fingerprint density at radius 1 is 1.40 bits per heavy atom. The fourth-order valence-electron chi connectivity index (χ4n) is 0.943. The van der Waals surface area contributed by atoms with Crippen LogP contribution < -0.4 is 10.6 Å². The topological polar surface area (TPSA) is 41.1 Å². The van der Waals surface area contributed by atoms with Crippen LogP contribution in [0, 0.1) is 0 Å². The fourth-order valence-corrected chi connectivity index (χ4v) is 1.13. The number of rotatable bonds is 2. The summed E-state index contributed by atoms with van der Waals surface area (Å²) in [7, 11) is 0. The molecule has 0 heterocycles. The van der Waals surface area contributed by atoms with E-state index in [2.05, 4.69) is 10.6 Å². The van der Waals surface area contributed by atoms with Gasteiger partial charge in [0.25, 0.3) is 0 Å². The zero-order chi connectivity index (χ0) is 11.3. The Labute approximate surface area is 94.1 Å². The van der Waals surface area contributed by atoms with E-state index in [0.29, 0.717) is 10.7 Å². The lowest BCUT2D eigenvalue weighted by molar-refractivity contribution is 0.255. The molecule has 1 aromatic rings. The van der Waals surface area contributed by atoms with Crippen molar-refractivity contribution in [2.45, 2.75) is 13.8 Å². The van der Waals surface area contributed by atoms with E-state index in [1.54, 1.807) is 30.5 Å². The van der Waals surface area contributed by atoms with Gasteiger partial charge in [-0.1, -0.05) is 23.2 Å². The lowest BCUT2D eigenvalue weighted by atomic mass is 10.3. The van der Waals surface area contributed by atoms with Crippen molar-refractivity contribution in [1.82, 2.24) is 5.32 Å². The number of nitrogens with one attached hydrogen (secondary N) is 2. The molecule has 0 bridgehead atoms. The molecule has 3 nitrogen and oxygen atoms in total. The number of halogens is 1. The summed E-state index contributed by atoms with van der Waals surface area (Å²) in [6, 6.07) is 6.70. The standard InChI is InChI=1S/C11H13ClN2O/c1-8(2)7-13-11(15)14-10-5-3-4-9(12)6-10/h3-7H,1-2H3,(H2,13,14,15). The van der Waals surface area contributed by atoms with Crippen LogP contribution in [0.3, 0.4) is 0 Å². The fraction of sp³-hybridized carbons (Fsp3) is 0.182. The zero-order valence-corrected chi connectivity index (χ0v) is 9.43. The van der Waals surface area contributed by atoms with Gasteiger partial charge in [-0.3, -0.25) is 0 Å². The number of hydrogen-bond donors (Lipinski definition) is 2. The molecule has 0 aliphatic rings. The molecule has 15 heavy (non-hydrogen) atoms. The molecule has 0 fully saturated rings. The van der Waals surface area contributed by atoms with Crippen LogP contribution in [-0.4, -0.2) is 6.03 Å². The number of anilines is 1. The van der Waals surface area contributed by atoms with Gasteiger partial charge in [0.2, 0.25) is 0 Å². The molecule has 0 atom stereocenters. The van der Waals surface area contributed by atoms with E-state index >= 15 is 0 Å². The van der Waals surface area contributed by atoms with E-state index < -0.39 is 0 Å². The zero-order valence-electron chi connectivity index (χ0n) is 8.67. The molecular formula is C11H13ClN2O. The number of amides is 2. The first-order valence-corrected chi connectivity index (χ1v) is 4.92. The summed E-state index contributed by atoms with van der Waals surface area (Å²) in [5.41, 5.74) is 1.69. The monoisotopic (exact) mass is 224 g/mol. The maximum Gasteiger partial charge on any atom is 0.323 e. The average molecular weight is 225 g/mol. The van der Waals surface area contributed by atoms with Crippen LogP contribution >= 0.6 is 11.6 Å². The van der Waals surface area contributed by atoms with Crippen molar-refractivity contribution < 1.29 is 4.79 Å². The van der Waals surface area contributed by atoms with Gasteiger partial charge in [-0.05, 0) is 32.0 Å². The first-order chi connectivity index (χ1) is 7.08. The van der Waals surface area contributed by atoms with Gasteiger partial charge in [0, 0.05) is 16.9 Å². The summed E-state index contributed by atoms with van der Waals surface area (Å²) >= 11 is 5.77. The van der Waals surface area contributed by atoms with Gasteiger partial charge in [0.05, 0.1) is 0 Å². The second-order valence-electron chi connectivity index (χ2n) is 3.33. The first-order valence-electron chi connectivity index (χ1n) is 4.54. The van der Waals surface area contributed by atoms with Crippen LogP contribution in [0.4, 0.5) is 10.5 Å². The van der Waals surface area contributed by atoms with Gasteiger partial charge in [0.1, 0.15) is 0 Å². The molecule has 2 amide bonds. The molecular weight excluding hydrogens is 212 g/mol. The van der Waals surface area contributed by atoms with Crippen LogP contribution in [0.15, 0.2) is 36.0 Å². The summed E-state index contributed by atoms with van der Waals surface area (Å²) in [4.78, 5) is 11.3. The SMILES string of the molecule is CC(C)=CNC(=O)Nc1cccc(Cl)c1. The van der Waals surface area contributed by atoms with Crippen LogP contribution in [0.5, 0.6) is 0 Å². The van der Waals surface area contributed by atoms with E-state index in [9.17, 15) is 4.79 Å². The molecule has 80 valence electrons. The van der Waals surface area contributed by atoms with Crippen molar-refractivity contribution in [1.29, 1.82) is 0 Å². The van der Waals surface area contributed by atoms with Gasteiger partial charge in [-0.25, -0.2) is 4.79 Å².